The van der Waals surface area contributed by atoms with Gasteiger partial charge in [-0.15, -0.1) is 0 Å². The molecule has 0 aliphatic heterocycles. The number of aryl methyl sites for hydroxylation is 1. The van der Waals surface area contributed by atoms with Crippen LogP contribution in [0.4, 0.5) is 5.69 Å². The number of nitrogens with one attached hydrogen (secondary N) is 2. The number of carbonyl (C=O) groups excluding carboxylic acids is 2. The molecule has 2 rings (SSSR count). The van der Waals surface area contributed by atoms with Gasteiger partial charge in [-0.1, -0.05) is 57.2 Å². The Balaban J connectivity index is 1.85. The summed E-state index contributed by atoms with van der Waals surface area (Å²) in [5, 5.41) is 5.24. The molecule has 4 heteroatoms. The van der Waals surface area contributed by atoms with Crippen molar-refractivity contribution in [1.82, 2.24) is 5.32 Å². The summed E-state index contributed by atoms with van der Waals surface area (Å²) < 4.78 is 0. The maximum Gasteiger partial charge on any atom is 0.313 e. The van der Waals surface area contributed by atoms with E-state index in [1.54, 1.807) is 12.1 Å². The number of hydrogen-bond acceptors (Lipinski definition) is 2. The molecule has 2 aromatic rings. The van der Waals surface area contributed by atoms with Crippen LogP contribution in [0.3, 0.4) is 0 Å². The van der Waals surface area contributed by atoms with Crippen LogP contribution in [0.1, 0.15) is 43.4 Å². The highest BCUT2D eigenvalue weighted by Gasteiger charge is 2.13. The molecule has 0 radical (unpaired) electrons. The second kappa shape index (κ2) is 8.29. The Hall–Kier alpha value is -2.62. The highest BCUT2D eigenvalue weighted by molar-refractivity contribution is 6.39. The predicted molar refractivity (Wildman–Crippen MR) is 96.8 cm³/mol. The first kappa shape index (κ1) is 17.7. The molecule has 0 bridgehead atoms. The summed E-state index contributed by atoms with van der Waals surface area (Å²) in [6.07, 6.45) is 0.935. The molecule has 0 unspecified atom stereocenters. The highest BCUT2D eigenvalue weighted by atomic mass is 16.2. The highest BCUT2D eigenvalue weighted by Crippen LogP contribution is 2.14. The van der Waals surface area contributed by atoms with E-state index in [1.165, 1.54) is 11.1 Å². The van der Waals surface area contributed by atoms with Crippen LogP contribution in [0.5, 0.6) is 0 Å². The predicted octanol–water partition coefficient (Wildman–Crippen LogP) is 3.63. The van der Waals surface area contributed by atoms with Crippen molar-refractivity contribution in [3.8, 4) is 0 Å². The van der Waals surface area contributed by atoms with Crippen LogP contribution >= 0.6 is 0 Å². The number of rotatable bonds is 5. The van der Waals surface area contributed by atoms with E-state index in [4.69, 9.17) is 0 Å². The molecule has 0 fully saturated rings. The summed E-state index contributed by atoms with van der Waals surface area (Å²) in [5.74, 6) is -0.820. The van der Waals surface area contributed by atoms with E-state index in [1.807, 2.05) is 36.4 Å². The third kappa shape index (κ3) is 4.95. The van der Waals surface area contributed by atoms with Crippen molar-refractivity contribution in [2.45, 2.75) is 39.7 Å². The fourth-order valence-corrected chi connectivity index (χ4v) is 2.29. The van der Waals surface area contributed by atoms with Gasteiger partial charge in [-0.3, -0.25) is 9.59 Å². The van der Waals surface area contributed by atoms with E-state index in [9.17, 15) is 9.59 Å². The van der Waals surface area contributed by atoms with Gasteiger partial charge in [-0.25, -0.2) is 0 Å². The van der Waals surface area contributed by atoms with Gasteiger partial charge < -0.3 is 10.6 Å². The number of hydrogen-bond donors (Lipinski definition) is 2. The average Bonchev–Trinajstić information content (AvgIpc) is 2.60. The second-order valence-corrected chi connectivity index (χ2v) is 6.08. The van der Waals surface area contributed by atoms with Crippen LogP contribution in [0.25, 0.3) is 0 Å². The third-order valence-corrected chi connectivity index (χ3v) is 3.93. The summed E-state index contributed by atoms with van der Waals surface area (Å²) in [6, 6.07) is 15.5. The van der Waals surface area contributed by atoms with Crippen LogP contribution in [-0.2, 0) is 22.6 Å². The monoisotopic (exact) mass is 324 g/mol. The maximum absolute atomic E-state index is 11.9. The first-order valence-corrected chi connectivity index (χ1v) is 8.26. The molecule has 2 aromatic carbocycles. The van der Waals surface area contributed by atoms with Crippen molar-refractivity contribution in [1.29, 1.82) is 0 Å². The van der Waals surface area contributed by atoms with Gasteiger partial charge in [0, 0.05) is 12.2 Å². The Labute approximate surface area is 143 Å². The van der Waals surface area contributed by atoms with Gasteiger partial charge in [0.2, 0.25) is 0 Å². The van der Waals surface area contributed by atoms with E-state index in [0.717, 1.165) is 12.0 Å². The van der Waals surface area contributed by atoms with Crippen molar-refractivity contribution in [3.63, 3.8) is 0 Å². The minimum absolute atomic E-state index is 0.333. The zero-order valence-electron chi connectivity index (χ0n) is 14.4. The molecule has 0 aliphatic carbocycles. The molecule has 0 aliphatic rings. The molecule has 2 amide bonds. The van der Waals surface area contributed by atoms with Crippen molar-refractivity contribution in [2.75, 3.05) is 5.32 Å². The quantitative estimate of drug-likeness (QED) is 0.825. The lowest BCUT2D eigenvalue weighted by molar-refractivity contribution is -0.136. The van der Waals surface area contributed by atoms with E-state index < -0.39 is 11.8 Å². The van der Waals surface area contributed by atoms with Crippen molar-refractivity contribution in [3.05, 3.63) is 65.2 Å². The molecule has 126 valence electrons. The SMILES string of the molecule is CCc1ccc(NC(=O)C(=O)NCc2ccc(C(C)C)cc2)cc1. The Morgan fingerprint density at radius 3 is 2.00 bits per heavy atom. The lowest BCUT2D eigenvalue weighted by Crippen LogP contribution is -2.34. The molecule has 0 saturated carbocycles. The van der Waals surface area contributed by atoms with Crippen LogP contribution < -0.4 is 10.6 Å². The number of carbonyl (C=O) groups is 2. The minimum Gasteiger partial charge on any atom is -0.344 e. The van der Waals surface area contributed by atoms with E-state index in [2.05, 4.69) is 31.4 Å². The van der Waals surface area contributed by atoms with Crippen LogP contribution in [0, 0.1) is 0 Å². The molecule has 2 N–H and O–H groups in total. The Bertz CT molecular complexity index is 689. The van der Waals surface area contributed by atoms with Gasteiger partial charge in [0.15, 0.2) is 0 Å². The zero-order chi connectivity index (χ0) is 17.5. The van der Waals surface area contributed by atoms with Gasteiger partial charge >= 0.3 is 11.8 Å². The lowest BCUT2D eigenvalue weighted by Gasteiger charge is -2.09. The zero-order valence-corrected chi connectivity index (χ0v) is 14.4. The lowest BCUT2D eigenvalue weighted by atomic mass is 10.0. The van der Waals surface area contributed by atoms with E-state index in [0.29, 0.717) is 18.2 Å². The van der Waals surface area contributed by atoms with Gasteiger partial charge in [0.25, 0.3) is 0 Å². The summed E-state index contributed by atoms with van der Waals surface area (Å²) >= 11 is 0. The molecule has 4 nitrogen and oxygen atoms in total. The molecule has 0 saturated heterocycles. The Morgan fingerprint density at radius 1 is 0.875 bits per heavy atom. The van der Waals surface area contributed by atoms with Gasteiger partial charge in [-0.05, 0) is 41.2 Å². The average molecular weight is 324 g/mol. The number of amides is 2. The maximum atomic E-state index is 11.9. The third-order valence-electron chi connectivity index (χ3n) is 3.93. The molecule has 0 aromatic heterocycles. The van der Waals surface area contributed by atoms with Gasteiger partial charge in [0.05, 0.1) is 0 Å². The van der Waals surface area contributed by atoms with Crippen molar-refractivity contribution >= 4 is 17.5 Å². The Morgan fingerprint density at radius 2 is 1.46 bits per heavy atom. The smallest absolute Gasteiger partial charge is 0.313 e. The summed E-state index contributed by atoms with van der Waals surface area (Å²) in [4.78, 5) is 23.8. The van der Waals surface area contributed by atoms with Gasteiger partial charge in [-0.2, -0.15) is 0 Å². The van der Waals surface area contributed by atoms with Crippen LogP contribution in [0.2, 0.25) is 0 Å². The molecular weight excluding hydrogens is 300 g/mol. The van der Waals surface area contributed by atoms with E-state index in [-0.39, 0.29) is 0 Å². The summed E-state index contributed by atoms with van der Waals surface area (Å²) in [7, 11) is 0. The second-order valence-electron chi connectivity index (χ2n) is 6.08. The first-order valence-electron chi connectivity index (χ1n) is 8.26. The summed E-state index contributed by atoms with van der Waals surface area (Å²) in [6.45, 7) is 6.66. The molecule has 0 spiro atoms. The van der Waals surface area contributed by atoms with Crippen LogP contribution in [-0.4, -0.2) is 11.8 Å². The van der Waals surface area contributed by atoms with Gasteiger partial charge in [0.1, 0.15) is 0 Å². The van der Waals surface area contributed by atoms with Crippen molar-refractivity contribution in [2.24, 2.45) is 0 Å². The standard InChI is InChI=1S/C20H24N2O2/c1-4-15-7-11-18(12-8-15)22-20(24)19(23)21-13-16-5-9-17(10-6-16)14(2)3/h5-12,14H,4,13H2,1-3H3,(H,21,23)(H,22,24). The normalized spacial score (nSPS) is 10.5. The first-order chi connectivity index (χ1) is 11.5. The number of benzene rings is 2. The minimum atomic E-state index is -0.655. The molecular formula is C20H24N2O2. The topological polar surface area (TPSA) is 58.2 Å². The molecule has 0 heterocycles. The Kier molecular flexibility index (Phi) is 6.13. The van der Waals surface area contributed by atoms with Crippen LogP contribution in [0.15, 0.2) is 48.5 Å². The fourth-order valence-electron chi connectivity index (χ4n) is 2.29. The van der Waals surface area contributed by atoms with Crippen molar-refractivity contribution < 1.29 is 9.59 Å². The molecule has 24 heavy (non-hydrogen) atoms. The largest absolute Gasteiger partial charge is 0.344 e. The fraction of sp³-hybridized carbons (Fsp3) is 0.300. The summed E-state index contributed by atoms with van der Waals surface area (Å²) in [5.41, 5.74) is 4.02. The van der Waals surface area contributed by atoms with E-state index >= 15 is 0 Å². The molecule has 0 atom stereocenters. The number of anilines is 1.